The number of H-pyrrole nitrogens is 2. The van der Waals surface area contributed by atoms with E-state index >= 15 is 0 Å². The summed E-state index contributed by atoms with van der Waals surface area (Å²) in [5.41, 5.74) is 0.341. The molecule has 9 heteroatoms. The normalized spacial score (nSPS) is 19.9. The molecule has 1 aliphatic heterocycles. The maximum atomic E-state index is 13.4. The number of aromatic nitrogens is 4. The third kappa shape index (κ3) is 4.03. The molecule has 0 aliphatic carbocycles. The van der Waals surface area contributed by atoms with E-state index in [1.54, 1.807) is 7.11 Å². The largest absolute Gasteiger partial charge is 0.496 e. The predicted octanol–water partition coefficient (Wildman–Crippen LogP) is 2.29. The number of imidazole rings is 1. The standard InChI is InChI=1S/C27H30N6O3/c1-4-5-14-30-27(2)13-8-15-32(33-25(34)23-24(29-17-28-23)31-26(33)35)22(27)16-18-11-12-21(36-3)20-10-7-6-9-19(18)20/h6-7,9-12,17,22,30H,8,13-16H2,1-3H3,(H,28,29)(H,31,35)/t22?,27-/m0/s1. The summed E-state index contributed by atoms with van der Waals surface area (Å²) in [6, 6.07) is 12.0. The molecule has 2 aromatic heterocycles. The van der Waals surface area contributed by atoms with Crippen LogP contribution in [0.2, 0.25) is 0 Å². The van der Waals surface area contributed by atoms with E-state index in [4.69, 9.17) is 4.74 Å². The summed E-state index contributed by atoms with van der Waals surface area (Å²) in [5, 5.41) is 7.65. The Balaban J connectivity index is 1.65. The lowest BCUT2D eigenvalue weighted by Crippen LogP contribution is -2.69. The lowest BCUT2D eigenvalue weighted by atomic mass is 9.79. The molecule has 3 N–H and O–H groups in total. The van der Waals surface area contributed by atoms with Gasteiger partial charge in [-0.3, -0.25) is 15.1 Å². The second-order valence-electron chi connectivity index (χ2n) is 9.33. The molecule has 0 amide bonds. The second-order valence-corrected chi connectivity index (χ2v) is 9.33. The van der Waals surface area contributed by atoms with E-state index in [1.807, 2.05) is 36.2 Å². The zero-order chi connectivity index (χ0) is 25.3. The number of methoxy groups -OCH3 is 1. The Morgan fingerprint density at radius 3 is 2.81 bits per heavy atom. The minimum Gasteiger partial charge on any atom is -0.496 e. The van der Waals surface area contributed by atoms with E-state index < -0.39 is 16.8 Å². The van der Waals surface area contributed by atoms with Crippen LogP contribution in [0.5, 0.6) is 5.75 Å². The van der Waals surface area contributed by atoms with Crippen molar-refractivity contribution in [3.63, 3.8) is 0 Å². The van der Waals surface area contributed by atoms with Crippen LogP contribution in [0.4, 0.5) is 0 Å². The highest BCUT2D eigenvalue weighted by molar-refractivity contribution is 5.91. The van der Waals surface area contributed by atoms with Crippen LogP contribution < -0.4 is 26.3 Å². The SMILES string of the molecule is CC#CCN[C@@]1(C)CCCN(n2c(=O)[nH]c3nc[nH]c3c2=O)C1Cc1ccc(OC)c2ccccc12. The van der Waals surface area contributed by atoms with Crippen LogP contribution in [-0.2, 0) is 6.42 Å². The Kier molecular flexibility index (Phi) is 6.29. The molecule has 1 saturated heterocycles. The van der Waals surface area contributed by atoms with Crippen LogP contribution in [0.15, 0.2) is 52.3 Å². The van der Waals surface area contributed by atoms with Gasteiger partial charge in [-0.25, -0.2) is 9.78 Å². The van der Waals surface area contributed by atoms with Crippen LogP contribution in [0, 0.1) is 11.8 Å². The topological polar surface area (TPSA) is 108 Å². The van der Waals surface area contributed by atoms with Crippen molar-refractivity contribution in [2.45, 2.75) is 44.7 Å². The summed E-state index contributed by atoms with van der Waals surface area (Å²) in [6.07, 6.45) is 3.72. The molecule has 2 atom stereocenters. The lowest BCUT2D eigenvalue weighted by molar-refractivity contribution is 0.199. The minimum atomic E-state index is -0.498. The fourth-order valence-corrected chi connectivity index (χ4v) is 5.41. The Morgan fingerprint density at radius 1 is 1.22 bits per heavy atom. The molecule has 4 aromatic rings. The van der Waals surface area contributed by atoms with E-state index in [2.05, 4.69) is 51.2 Å². The molecule has 36 heavy (non-hydrogen) atoms. The second kappa shape index (κ2) is 9.55. The summed E-state index contributed by atoms with van der Waals surface area (Å²) in [4.78, 5) is 36.3. The van der Waals surface area contributed by atoms with Gasteiger partial charge in [-0.2, -0.15) is 4.68 Å². The Hall–Kier alpha value is -4.03. The molecule has 9 nitrogen and oxygen atoms in total. The number of benzene rings is 2. The molecule has 0 spiro atoms. The molecule has 1 aliphatic rings. The first-order chi connectivity index (χ1) is 17.5. The van der Waals surface area contributed by atoms with Gasteiger partial charge in [0.05, 0.1) is 26.0 Å². The van der Waals surface area contributed by atoms with Crippen molar-refractivity contribution in [1.82, 2.24) is 24.9 Å². The van der Waals surface area contributed by atoms with Gasteiger partial charge in [-0.15, -0.1) is 5.92 Å². The van der Waals surface area contributed by atoms with Crippen LogP contribution in [0.3, 0.4) is 0 Å². The molecule has 0 bridgehead atoms. The van der Waals surface area contributed by atoms with Gasteiger partial charge in [0.15, 0.2) is 11.2 Å². The van der Waals surface area contributed by atoms with Crippen LogP contribution in [0.25, 0.3) is 21.9 Å². The zero-order valence-corrected chi connectivity index (χ0v) is 20.7. The number of nitrogens with one attached hydrogen (secondary N) is 3. The van der Waals surface area contributed by atoms with Gasteiger partial charge in [0.25, 0.3) is 0 Å². The molecule has 0 radical (unpaired) electrons. The summed E-state index contributed by atoms with van der Waals surface area (Å²) in [5.74, 6) is 6.86. The van der Waals surface area contributed by atoms with Crippen LogP contribution in [0.1, 0.15) is 32.3 Å². The first kappa shape index (κ1) is 23.7. The fraction of sp³-hybridized carbons (Fsp3) is 0.370. The number of rotatable bonds is 6. The van der Waals surface area contributed by atoms with Crippen molar-refractivity contribution in [2.75, 3.05) is 25.2 Å². The van der Waals surface area contributed by atoms with E-state index in [0.29, 0.717) is 19.5 Å². The van der Waals surface area contributed by atoms with E-state index in [0.717, 1.165) is 34.9 Å². The number of hydrogen-bond acceptors (Lipinski definition) is 6. The van der Waals surface area contributed by atoms with Crippen molar-refractivity contribution in [2.24, 2.45) is 0 Å². The maximum absolute atomic E-state index is 13.4. The molecular weight excluding hydrogens is 456 g/mol. The van der Waals surface area contributed by atoms with Crippen molar-refractivity contribution in [1.29, 1.82) is 0 Å². The van der Waals surface area contributed by atoms with Gasteiger partial charge in [0, 0.05) is 17.5 Å². The molecule has 186 valence electrons. The summed E-state index contributed by atoms with van der Waals surface area (Å²) in [7, 11) is 1.67. The average molecular weight is 487 g/mol. The number of ether oxygens (including phenoxy) is 1. The number of fused-ring (bicyclic) bond motifs is 2. The maximum Gasteiger partial charge on any atom is 0.349 e. The third-order valence-electron chi connectivity index (χ3n) is 7.26. The van der Waals surface area contributed by atoms with Gasteiger partial charge >= 0.3 is 11.2 Å². The quantitative estimate of drug-likeness (QED) is 0.361. The average Bonchev–Trinajstić information content (AvgIpc) is 3.35. The van der Waals surface area contributed by atoms with E-state index in [-0.39, 0.29) is 17.2 Å². The Morgan fingerprint density at radius 2 is 2.03 bits per heavy atom. The highest BCUT2D eigenvalue weighted by atomic mass is 16.5. The Labute approximate surface area is 208 Å². The van der Waals surface area contributed by atoms with Crippen LogP contribution in [-0.4, -0.2) is 51.4 Å². The molecule has 3 heterocycles. The predicted molar refractivity (Wildman–Crippen MR) is 141 cm³/mol. The van der Waals surface area contributed by atoms with E-state index in [9.17, 15) is 9.59 Å². The third-order valence-corrected chi connectivity index (χ3v) is 7.26. The molecule has 0 saturated carbocycles. The van der Waals surface area contributed by atoms with E-state index in [1.165, 1.54) is 11.0 Å². The molecule has 5 rings (SSSR count). The van der Waals surface area contributed by atoms with Gasteiger partial charge < -0.3 is 14.7 Å². The number of hydrogen-bond donors (Lipinski definition) is 3. The van der Waals surface area contributed by atoms with Gasteiger partial charge in [-0.1, -0.05) is 36.3 Å². The zero-order valence-electron chi connectivity index (χ0n) is 20.7. The van der Waals surface area contributed by atoms with Crippen molar-refractivity contribution in [3.8, 4) is 17.6 Å². The molecular formula is C27H30N6O3. The summed E-state index contributed by atoms with van der Waals surface area (Å²) >= 11 is 0. The summed E-state index contributed by atoms with van der Waals surface area (Å²) < 4.78 is 6.83. The monoisotopic (exact) mass is 486 g/mol. The molecule has 2 aromatic carbocycles. The minimum absolute atomic E-state index is 0.208. The van der Waals surface area contributed by atoms with Crippen molar-refractivity contribution >= 4 is 21.9 Å². The van der Waals surface area contributed by atoms with Gasteiger partial charge in [-0.05, 0) is 50.1 Å². The van der Waals surface area contributed by atoms with Crippen LogP contribution >= 0.6 is 0 Å². The van der Waals surface area contributed by atoms with Crippen molar-refractivity contribution in [3.05, 3.63) is 69.1 Å². The number of aromatic amines is 2. The smallest absolute Gasteiger partial charge is 0.349 e. The number of piperidine rings is 1. The first-order valence-corrected chi connectivity index (χ1v) is 12.1. The van der Waals surface area contributed by atoms with Gasteiger partial charge in [0.1, 0.15) is 5.75 Å². The van der Waals surface area contributed by atoms with Crippen molar-refractivity contribution < 1.29 is 4.74 Å². The number of nitrogens with zero attached hydrogens (tertiary/aromatic N) is 3. The first-order valence-electron chi connectivity index (χ1n) is 12.1. The molecule has 1 unspecified atom stereocenters. The highest BCUT2D eigenvalue weighted by Gasteiger charge is 2.42. The highest BCUT2D eigenvalue weighted by Crippen LogP contribution is 2.33. The van der Waals surface area contributed by atoms with Gasteiger partial charge in [0.2, 0.25) is 0 Å². The Bertz CT molecular complexity index is 1590. The fourth-order valence-electron chi connectivity index (χ4n) is 5.41. The lowest BCUT2D eigenvalue weighted by Gasteiger charge is -2.49. The summed E-state index contributed by atoms with van der Waals surface area (Å²) in [6.45, 7) is 5.06. The molecule has 1 fully saturated rings.